The van der Waals surface area contributed by atoms with Crippen molar-refractivity contribution in [3.63, 3.8) is 0 Å². The Morgan fingerprint density at radius 2 is 2.12 bits per heavy atom. The van der Waals surface area contributed by atoms with E-state index in [1.165, 1.54) is 13.1 Å². The summed E-state index contributed by atoms with van der Waals surface area (Å²) < 4.78 is 29.9. The van der Waals surface area contributed by atoms with Crippen molar-refractivity contribution in [2.24, 2.45) is 0 Å². The number of para-hydroxylation sites is 1. The Kier molecular flexibility index (Phi) is 5.47. The molecule has 1 amide bonds. The van der Waals surface area contributed by atoms with Crippen LogP contribution in [0.25, 0.3) is 0 Å². The van der Waals surface area contributed by atoms with Gasteiger partial charge in [0.15, 0.2) is 0 Å². The molecule has 0 aliphatic carbocycles. The first kappa shape index (κ1) is 18.2. The highest BCUT2D eigenvalue weighted by Crippen LogP contribution is 2.30. The maximum atomic E-state index is 11.8. The molecule has 1 heterocycles. The summed E-state index contributed by atoms with van der Waals surface area (Å²) in [5.74, 6) is -2.84. The maximum Gasteiger partial charge on any atom is 0.547 e. The summed E-state index contributed by atoms with van der Waals surface area (Å²) in [4.78, 5) is 23.0. The van der Waals surface area contributed by atoms with Crippen LogP contribution in [-0.4, -0.2) is 56.3 Å². The van der Waals surface area contributed by atoms with Crippen molar-refractivity contribution in [3.05, 3.63) is 29.3 Å². The second-order valence-corrected chi connectivity index (χ2v) is 7.30. The van der Waals surface area contributed by atoms with Gasteiger partial charge in [-0.15, -0.1) is 0 Å². The monoisotopic (exact) mass is 356 g/mol. The minimum atomic E-state index is -3.50. The van der Waals surface area contributed by atoms with Gasteiger partial charge in [-0.3, -0.25) is 4.79 Å². The fourth-order valence-electron chi connectivity index (χ4n) is 2.32. The topological polar surface area (TPSA) is 142 Å². The predicted octanol–water partition coefficient (Wildman–Crippen LogP) is -1.24. The largest absolute Gasteiger partial charge is 0.547 e. The molecular weight excluding hydrogens is 339 g/mol. The van der Waals surface area contributed by atoms with Gasteiger partial charge in [0.05, 0.1) is 17.3 Å². The number of carboxylic acids is 1. The molecule has 2 rings (SSSR count). The van der Waals surface area contributed by atoms with Gasteiger partial charge in [0.1, 0.15) is 5.75 Å². The zero-order valence-corrected chi connectivity index (χ0v) is 13.7. The third-order valence-corrected chi connectivity index (χ3v) is 4.97. The van der Waals surface area contributed by atoms with Crippen LogP contribution in [0.5, 0.6) is 5.75 Å². The van der Waals surface area contributed by atoms with Gasteiger partial charge < -0.3 is 20.1 Å². The molecule has 4 N–H and O–H groups in total. The van der Waals surface area contributed by atoms with E-state index in [-0.39, 0.29) is 29.9 Å². The van der Waals surface area contributed by atoms with Crippen molar-refractivity contribution >= 4 is 29.0 Å². The van der Waals surface area contributed by atoms with Crippen molar-refractivity contribution in [1.29, 1.82) is 0 Å². The Hall–Kier alpha value is -2.11. The molecule has 0 aromatic heterocycles. The molecule has 11 heteroatoms. The van der Waals surface area contributed by atoms with E-state index < -0.39 is 35.0 Å². The van der Waals surface area contributed by atoms with Crippen LogP contribution in [-0.2, 0) is 21.2 Å². The molecule has 9 nitrogen and oxygen atoms in total. The summed E-state index contributed by atoms with van der Waals surface area (Å²) in [6.45, 7) is 0. The smallest absolute Gasteiger partial charge is 0.534 e. The summed E-state index contributed by atoms with van der Waals surface area (Å²) in [7, 11) is -3.68. The summed E-state index contributed by atoms with van der Waals surface area (Å²) in [6, 6.07) is 4.54. The van der Waals surface area contributed by atoms with Gasteiger partial charge in [-0.25, -0.2) is 17.9 Å². The first-order chi connectivity index (χ1) is 11.2. The third-order valence-electron chi connectivity index (χ3n) is 3.60. The maximum absolute atomic E-state index is 11.8. The predicted molar refractivity (Wildman–Crippen MR) is 85.1 cm³/mol. The van der Waals surface area contributed by atoms with Crippen LogP contribution < -0.4 is 14.7 Å². The van der Waals surface area contributed by atoms with E-state index in [1.54, 1.807) is 12.1 Å². The summed E-state index contributed by atoms with van der Waals surface area (Å²) >= 11 is 0. The molecule has 0 radical (unpaired) electrons. The van der Waals surface area contributed by atoms with Crippen LogP contribution in [0.1, 0.15) is 22.3 Å². The number of nitrogens with one attached hydrogen (secondary N) is 2. The van der Waals surface area contributed by atoms with Gasteiger partial charge in [0.2, 0.25) is 15.9 Å². The zero-order valence-electron chi connectivity index (χ0n) is 12.9. The molecule has 24 heavy (non-hydrogen) atoms. The Morgan fingerprint density at radius 3 is 2.75 bits per heavy atom. The molecule has 0 unspecified atom stereocenters. The van der Waals surface area contributed by atoms with E-state index in [9.17, 15) is 23.0 Å². The number of carboxylic acid groups (broad SMARTS) is 1. The number of aromatic carboxylic acids is 1. The lowest BCUT2D eigenvalue weighted by atomic mass is 9.72. The van der Waals surface area contributed by atoms with E-state index in [2.05, 4.69) is 10.0 Å². The standard InChI is InChI=1S/C13H17BN2O7S/c1-15-24(21,22)6-5-11(17)16-10-7-8-3-2-4-9(13(18)19)12(8)23-14(10)20/h2-4,10,15,20H,5-7H2,1H3,(H,16,17)(H,18,19)/t10-/m0/s1. The van der Waals surface area contributed by atoms with Crippen LogP contribution in [0.3, 0.4) is 0 Å². The van der Waals surface area contributed by atoms with E-state index in [1.807, 2.05) is 0 Å². The average Bonchev–Trinajstić information content (AvgIpc) is 2.53. The Labute approximate surface area is 139 Å². The number of sulfonamides is 1. The molecule has 1 atom stereocenters. The van der Waals surface area contributed by atoms with Crippen molar-refractivity contribution in [3.8, 4) is 5.75 Å². The number of amides is 1. The van der Waals surface area contributed by atoms with E-state index in [0.717, 1.165) is 0 Å². The SMILES string of the molecule is CNS(=O)(=O)CCC(=O)N[C@H]1Cc2cccc(C(=O)O)c2OB1O. The number of rotatable bonds is 6. The number of hydrogen-bond donors (Lipinski definition) is 4. The van der Waals surface area contributed by atoms with Gasteiger partial charge in [-0.2, -0.15) is 0 Å². The Bertz CT molecular complexity index is 753. The molecule has 1 aromatic rings. The molecule has 0 spiro atoms. The lowest BCUT2D eigenvalue weighted by Gasteiger charge is -2.28. The van der Waals surface area contributed by atoms with Gasteiger partial charge in [-0.05, 0) is 25.1 Å². The second kappa shape index (κ2) is 7.20. The number of carbonyl (C=O) groups is 2. The molecule has 0 saturated carbocycles. The van der Waals surface area contributed by atoms with Crippen LogP contribution in [0.15, 0.2) is 18.2 Å². The van der Waals surface area contributed by atoms with E-state index in [4.69, 9.17) is 9.76 Å². The zero-order chi connectivity index (χ0) is 17.9. The molecule has 0 saturated heterocycles. The minimum Gasteiger partial charge on any atom is -0.534 e. The average molecular weight is 356 g/mol. The molecule has 130 valence electrons. The third kappa shape index (κ3) is 4.25. The first-order valence-corrected chi connectivity index (χ1v) is 8.79. The van der Waals surface area contributed by atoms with Crippen LogP contribution in [0.4, 0.5) is 0 Å². The lowest BCUT2D eigenvalue weighted by Crippen LogP contribution is -2.53. The summed E-state index contributed by atoms with van der Waals surface area (Å²) in [6.07, 6.45) is -0.101. The summed E-state index contributed by atoms with van der Waals surface area (Å²) in [5.41, 5.74) is 0.463. The number of fused-ring (bicyclic) bond motifs is 1. The molecule has 1 aliphatic rings. The fourth-order valence-corrected chi connectivity index (χ4v) is 2.98. The highest BCUT2D eigenvalue weighted by molar-refractivity contribution is 7.89. The van der Waals surface area contributed by atoms with Crippen molar-refractivity contribution < 1.29 is 32.8 Å². The Balaban J connectivity index is 2.05. The molecule has 0 fully saturated rings. The Morgan fingerprint density at radius 1 is 1.42 bits per heavy atom. The van der Waals surface area contributed by atoms with Crippen LogP contribution in [0, 0.1) is 0 Å². The van der Waals surface area contributed by atoms with Crippen LogP contribution >= 0.6 is 0 Å². The van der Waals surface area contributed by atoms with Crippen molar-refractivity contribution in [1.82, 2.24) is 10.0 Å². The molecule has 1 aliphatic heterocycles. The molecular formula is C13H17BN2O7S. The highest BCUT2D eigenvalue weighted by atomic mass is 32.2. The van der Waals surface area contributed by atoms with Gasteiger partial charge in [0.25, 0.3) is 0 Å². The normalized spacial score (nSPS) is 16.9. The molecule has 1 aromatic carbocycles. The van der Waals surface area contributed by atoms with Gasteiger partial charge in [0, 0.05) is 6.42 Å². The number of benzene rings is 1. The van der Waals surface area contributed by atoms with Crippen molar-refractivity contribution in [2.45, 2.75) is 18.8 Å². The minimum absolute atomic E-state index is 0.0701. The number of hydrogen-bond acceptors (Lipinski definition) is 6. The highest BCUT2D eigenvalue weighted by Gasteiger charge is 2.37. The first-order valence-electron chi connectivity index (χ1n) is 7.14. The van der Waals surface area contributed by atoms with Gasteiger partial charge >= 0.3 is 13.1 Å². The second-order valence-electron chi connectivity index (χ2n) is 5.26. The van der Waals surface area contributed by atoms with Crippen LogP contribution in [0.2, 0.25) is 0 Å². The fraction of sp³-hybridized carbons (Fsp3) is 0.385. The lowest BCUT2D eigenvalue weighted by molar-refractivity contribution is -0.121. The quantitative estimate of drug-likeness (QED) is 0.467. The van der Waals surface area contributed by atoms with E-state index >= 15 is 0 Å². The van der Waals surface area contributed by atoms with Crippen molar-refractivity contribution in [2.75, 3.05) is 12.8 Å². The number of carbonyl (C=O) groups excluding carboxylic acids is 1. The molecule has 0 bridgehead atoms. The van der Waals surface area contributed by atoms with Gasteiger partial charge in [-0.1, -0.05) is 12.1 Å². The summed E-state index contributed by atoms with van der Waals surface area (Å²) in [5, 5.41) is 21.6. The van der Waals surface area contributed by atoms with E-state index in [0.29, 0.717) is 5.56 Å².